The van der Waals surface area contributed by atoms with Gasteiger partial charge in [0.05, 0.1) is 24.4 Å². The first-order valence-corrected chi connectivity index (χ1v) is 12.6. The number of likely N-dealkylation sites (tertiary alicyclic amines) is 1. The quantitative estimate of drug-likeness (QED) is 0.404. The number of anilines is 2. The molecule has 35 heavy (non-hydrogen) atoms. The zero-order valence-electron chi connectivity index (χ0n) is 20.9. The van der Waals surface area contributed by atoms with E-state index in [1.807, 2.05) is 32.9 Å². The Morgan fingerprint density at radius 3 is 2.83 bits per heavy atom. The van der Waals surface area contributed by atoms with Crippen molar-refractivity contribution in [2.24, 2.45) is 11.8 Å². The number of halogens is 1. The molecule has 2 aliphatic heterocycles. The number of hydrogen-bond donors (Lipinski definition) is 1. The number of rotatable bonds is 7. The van der Waals surface area contributed by atoms with Gasteiger partial charge in [0.25, 0.3) is 0 Å². The number of aryl methyl sites for hydroxylation is 1. The summed E-state index contributed by atoms with van der Waals surface area (Å²) in [5.41, 5.74) is 2.46. The second-order valence-electron chi connectivity index (χ2n) is 9.07. The Balaban J connectivity index is 0.00000141. The van der Waals surface area contributed by atoms with E-state index in [2.05, 4.69) is 20.2 Å². The molecule has 2 atom stereocenters. The molecule has 8 heteroatoms. The van der Waals surface area contributed by atoms with Crippen LogP contribution in [0.5, 0.6) is 5.75 Å². The van der Waals surface area contributed by atoms with Crippen LogP contribution in [-0.2, 0) is 4.74 Å². The molecule has 0 bridgehead atoms. The minimum absolute atomic E-state index is 0.309. The minimum atomic E-state index is -0.432. The Morgan fingerprint density at radius 1 is 1.17 bits per heavy atom. The van der Waals surface area contributed by atoms with Gasteiger partial charge in [0.1, 0.15) is 31.6 Å². The van der Waals surface area contributed by atoms with E-state index in [1.54, 1.807) is 12.1 Å². The van der Waals surface area contributed by atoms with Gasteiger partial charge in [-0.1, -0.05) is 25.4 Å². The maximum absolute atomic E-state index is 14.3. The van der Waals surface area contributed by atoms with E-state index in [1.165, 1.54) is 18.8 Å². The Bertz CT molecular complexity index is 1150. The summed E-state index contributed by atoms with van der Waals surface area (Å²) in [7, 11) is 5.66. The molecule has 2 aromatic carbocycles. The molecule has 0 saturated carbocycles. The van der Waals surface area contributed by atoms with Crippen LogP contribution in [-0.4, -0.2) is 62.2 Å². The van der Waals surface area contributed by atoms with E-state index >= 15 is 0 Å². The van der Waals surface area contributed by atoms with Crippen molar-refractivity contribution in [2.75, 3.05) is 44.8 Å². The van der Waals surface area contributed by atoms with Gasteiger partial charge in [-0.2, -0.15) is 0 Å². The van der Waals surface area contributed by atoms with Crippen LogP contribution in [0.1, 0.15) is 32.3 Å². The predicted molar refractivity (Wildman–Crippen MR) is 140 cm³/mol. The van der Waals surface area contributed by atoms with E-state index in [-0.39, 0.29) is 0 Å². The maximum Gasteiger partial charge on any atom is 0.146 e. The number of nitrogens with zero attached hydrogens (tertiary/aromatic N) is 3. The summed E-state index contributed by atoms with van der Waals surface area (Å²) in [6.45, 7) is 11.8. The number of ether oxygens (including phenoxy) is 2. The molecule has 1 aromatic heterocycles. The lowest BCUT2D eigenvalue weighted by Gasteiger charge is -2.33. The van der Waals surface area contributed by atoms with Crippen molar-refractivity contribution < 1.29 is 13.9 Å². The highest BCUT2D eigenvalue weighted by atomic mass is 19.1. The summed E-state index contributed by atoms with van der Waals surface area (Å²) in [5, 5.41) is 3.84. The van der Waals surface area contributed by atoms with E-state index in [4.69, 9.17) is 17.3 Å². The molecule has 2 saturated heterocycles. The Labute approximate surface area is 208 Å². The molecule has 2 unspecified atom stereocenters. The normalized spacial score (nSPS) is 19.7. The SMILES string of the molecule is CC.[B]c1ccc(Nc2ncnc3cc(C)c(OCCCN4CCC5COCC5C4)cc23)c(F)c1. The Morgan fingerprint density at radius 2 is 2.00 bits per heavy atom. The molecule has 5 rings (SSSR count). The van der Waals surface area contributed by atoms with Gasteiger partial charge in [0.15, 0.2) is 0 Å². The smallest absolute Gasteiger partial charge is 0.146 e. The summed E-state index contributed by atoms with van der Waals surface area (Å²) in [6, 6.07) is 8.44. The summed E-state index contributed by atoms with van der Waals surface area (Å²) in [4.78, 5) is 11.2. The van der Waals surface area contributed by atoms with Gasteiger partial charge >= 0.3 is 0 Å². The average Bonchev–Trinajstić information content (AvgIpc) is 3.33. The minimum Gasteiger partial charge on any atom is -0.493 e. The molecule has 6 nitrogen and oxygen atoms in total. The fraction of sp³-hybridized carbons (Fsp3) is 0.481. The van der Waals surface area contributed by atoms with Crippen LogP contribution in [0.4, 0.5) is 15.9 Å². The predicted octanol–water partition coefficient (Wildman–Crippen LogP) is 4.38. The van der Waals surface area contributed by atoms with Crippen molar-refractivity contribution in [3.63, 3.8) is 0 Å². The van der Waals surface area contributed by atoms with Crippen molar-refractivity contribution in [3.05, 3.63) is 48.0 Å². The van der Waals surface area contributed by atoms with Gasteiger partial charge in [0.2, 0.25) is 0 Å². The molecule has 3 heterocycles. The van der Waals surface area contributed by atoms with Crippen LogP contribution >= 0.6 is 0 Å². The van der Waals surface area contributed by atoms with Crippen molar-refractivity contribution >= 4 is 35.7 Å². The first kappa shape index (κ1) is 25.4. The largest absolute Gasteiger partial charge is 0.493 e. The molecule has 3 aromatic rings. The van der Waals surface area contributed by atoms with Gasteiger partial charge in [-0.15, -0.1) is 0 Å². The highest BCUT2D eigenvalue weighted by molar-refractivity contribution is 6.32. The Hall–Kier alpha value is -2.71. The zero-order chi connectivity index (χ0) is 24.8. The number of nitrogens with one attached hydrogen (secondary N) is 1. The number of benzene rings is 2. The summed E-state index contributed by atoms with van der Waals surface area (Å²) < 4.78 is 26.1. The van der Waals surface area contributed by atoms with Crippen LogP contribution in [0.25, 0.3) is 10.9 Å². The van der Waals surface area contributed by atoms with E-state index < -0.39 is 5.82 Å². The molecule has 2 radical (unpaired) electrons. The zero-order valence-corrected chi connectivity index (χ0v) is 20.9. The van der Waals surface area contributed by atoms with Gasteiger partial charge < -0.3 is 19.7 Å². The van der Waals surface area contributed by atoms with Crippen LogP contribution < -0.4 is 15.5 Å². The first-order valence-electron chi connectivity index (χ1n) is 12.6. The lowest BCUT2D eigenvalue weighted by atomic mass is 9.89. The van der Waals surface area contributed by atoms with E-state index in [0.717, 1.165) is 67.4 Å². The van der Waals surface area contributed by atoms with Crippen molar-refractivity contribution in [1.29, 1.82) is 0 Å². The lowest BCUT2D eigenvalue weighted by Crippen LogP contribution is -2.40. The number of aromatic nitrogens is 2. The third-order valence-corrected chi connectivity index (χ3v) is 6.69. The molecule has 1 N–H and O–H groups in total. The average molecular weight is 476 g/mol. The van der Waals surface area contributed by atoms with Crippen LogP contribution in [0.15, 0.2) is 36.7 Å². The molecule has 0 amide bonds. The fourth-order valence-electron chi connectivity index (χ4n) is 4.81. The van der Waals surface area contributed by atoms with E-state index in [0.29, 0.717) is 29.5 Å². The van der Waals surface area contributed by atoms with Gasteiger partial charge in [-0.05, 0) is 62.1 Å². The molecular formula is C27H34BFN4O2. The second kappa shape index (κ2) is 11.8. The molecule has 2 fully saturated rings. The van der Waals surface area contributed by atoms with Gasteiger partial charge in [-0.25, -0.2) is 14.4 Å². The van der Waals surface area contributed by atoms with Crippen molar-refractivity contribution in [3.8, 4) is 5.75 Å². The van der Waals surface area contributed by atoms with Crippen LogP contribution in [0.3, 0.4) is 0 Å². The number of fused-ring (bicyclic) bond motifs is 2. The standard InChI is InChI=1S/C25H28BFN4O2.C2H6/c1-16-9-23-20(25(29-15-28-23)30-22-4-3-19(26)10-21(22)27)11-24(16)33-8-2-6-31-7-5-17-13-32-14-18(17)12-31;1-2/h3-4,9-11,15,17-18H,2,5-8,12-14H2,1H3,(H,28,29,30);1-2H3. The summed E-state index contributed by atoms with van der Waals surface area (Å²) in [5.74, 6) is 2.33. The van der Waals surface area contributed by atoms with Gasteiger partial charge in [-0.3, -0.25) is 0 Å². The monoisotopic (exact) mass is 476 g/mol. The first-order chi connectivity index (χ1) is 17.1. The fourth-order valence-corrected chi connectivity index (χ4v) is 4.81. The lowest BCUT2D eigenvalue weighted by molar-refractivity contribution is 0.138. The van der Waals surface area contributed by atoms with Crippen LogP contribution in [0.2, 0.25) is 0 Å². The topological polar surface area (TPSA) is 59.5 Å². The third kappa shape index (κ3) is 6.11. The Kier molecular flexibility index (Phi) is 8.57. The van der Waals surface area contributed by atoms with E-state index in [9.17, 15) is 4.39 Å². The molecule has 2 aliphatic rings. The molecule has 184 valence electrons. The molecule has 0 aliphatic carbocycles. The maximum atomic E-state index is 14.3. The third-order valence-electron chi connectivity index (χ3n) is 6.69. The van der Waals surface area contributed by atoms with Gasteiger partial charge in [0, 0.05) is 31.0 Å². The van der Waals surface area contributed by atoms with Crippen molar-refractivity contribution in [1.82, 2.24) is 14.9 Å². The highest BCUT2D eigenvalue weighted by Gasteiger charge is 2.33. The number of piperidine rings is 1. The molecule has 0 spiro atoms. The van der Waals surface area contributed by atoms with Crippen LogP contribution in [0, 0.1) is 24.6 Å². The van der Waals surface area contributed by atoms with Crippen molar-refractivity contribution in [2.45, 2.75) is 33.6 Å². The summed E-state index contributed by atoms with van der Waals surface area (Å²) in [6.07, 6.45) is 3.67. The highest BCUT2D eigenvalue weighted by Crippen LogP contribution is 2.31. The molecular weight excluding hydrogens is 442 g/mol. The number of hydrogen-bond acceptors (Lipinski definition) is 6. The second-order valence-corrected chi connectivity index (χ2v) is 9.07. The summed E-state index contributed by atoms with van der Waals surface area (Å²) >= 11 is 0.